The zero-order valence-corrected chi connectivity index (χ0v) is 13.6. The lowest BCUT2D eigenvalue weighted by molar-refractivity contribution is 0.0946. The molecule has 1 aromatic carbocycles. The van der Waals surface area contributed by atoms with Crippen molar-refractivity contribution in [2.75, 3.05) is 19.8 Å². The van der Waals surface area contributed by atoms with Crippen LogP contribution in [0.2, 0.25) is 0 Å². The Kier molecular flexibility index (Phi) is 7.65. The lowest BCUT2D eigenvalue weighted by Gasteiger charge is -2.15. The minimum Gasteiger partial charge on any atom is -0.490 e. The number of carbonyl (C=O) groups excluding carboxylic acids is 1. The first-order valence-electron chi connectivity index (χ1n) is 7.83. The topological polar surface area (TPSA) is 47.6 Å². The van der Waals surface area contributed by atoms with Crippen molar-refractivity contribution in [2.24, 2.45) is 5.92 Å². The average Bonchev–Trinajstić information content (AvgIpc) is 2.50. The van der Waals surface area contributed by atoms with Crippen molar-refractivity contribution in [1.29, 1.82) is 0 Å². The van der Waals surface area contributed by atoms with Crippen LogP contribution in [-0.2, 0) is 0 Å². The molecule has 0 unspecified atom stereocenters. The smallest absolute Gasteiger partial charge is 0.251 e. The Hall–Kier alpha value is -1.71. The van der Waals surface area contributed by atoms with Crippen molar-refractivity contribution in [3.05, 3.63) is 23.8 Å². The van der Waals surface area contributed by atoms with Gasteiger partial charge in [-0.25, -0.2) is 0 Å². The second kappa shape index (κ2) is 9.27. The van der Waals surface area contributed by atoms with Crippen LogP contribution in [0.25, 0.3) is 0 Å². The predicted octanol–water partition coefficient (Wildman–Crippen LogP) is 3.65. The maximum Gasteiger partial charge on any atom is 0.251 e. The molecular weight excluding hydrogens is 266 g/mol. The summed E-state index contributed by atoms with van der Waals surface area (Å²) in [6.45, 7) is 9.94. The maximum absolute atomic E-state index is 12.2. The molecule has 1 rings (SSSR count). The van der Waals surface area contributed by atoms with Crippen LogP contribution in [0.5, 0.6) is 11.5 Å². The second-order valence-corrected chi connectivity index (χ2v) is 4.92. The molecule has 1 aromatic rings. The summed E-state index contributed by atoms with van der Waals surface area (Å²) in [6.07, 6.45) is 2.15. The number of ether oxygens (including phenoxy) is 2. The first-order chi connectivity index (χ1) is 10.2. The second-order valence-electron chi connectivity index (χ2n) is 4.92. The largest absolute Gasteiger partial charge is 0.490 e. The number of rotatable bonds is 9. The van der Waals surface area contributed by atoms with E-state index in [9.17, 15) is 4.79 Å². The molecule has 1 amide bonds. The number of amides is 1. The Balaban J connectivity index is 2.77. The van der Waals surface area contributed by atoms with Gasteiger partial charge in [-0.15, -0.1) is 0 Å². The van der Waals surface area contributed by atoms with Gasteiger partial charge in [-0.3, -0.25) is 4.79 Å². The van der Waals surface area contributed by atoms with Crippen molar-refractivity contribution in [3.8, 4) is 11.5 Å². The molecule has 0 aromatic heterocycles. The molecular formula is C17H27NO3. The third kappa shape index (κ3) is 5.29. The first-order valence-corrected chi connectivity index (χ1v) is 7.83. The number of nitrogens with one attached hydrogen (secondary N) is 1. The van der Waals surface area contributed by atoms with Crippen LogP contribution < -0.4 is 14.8 Å². The quantitative estimate of drug-likeness (QED) is 0.756. The van der Waals surface area contributed by atoms with E-state index < -0.39 is 0 Å². The summed E-state index contributed by atoms with van der Waals surface area (Å²) in [4.78, 5) is 12.2. The van der Waals surface area contributed by atoms with E-state index in [0.717, 1.165) is 12.8 Å². The van der Waals surface area contributed by atoms with Crippen molar-refractivity contribution in [1.82, 2.24) is 5.32 Å². The Bertz CT molecular complexity index is 442. The van der Waals surface area contributed by atoms with Gasteiger partial charge in [0.15, 0.2) is 11.5 Å². The van der Waals surface area contributed by atoms with Gasteiger partial charge < -0.3 is 14.8 Å². The van der Waals surface area contributed by atoms with E-state index in [4.69, 9.17) is 9.47 Å². The summed E-state index contributed by atoms with van der Waals surface area (Å²) in [5.41, 5.74) is 0.604. The molecule has 0 bridgehead atoms. The van der Waals surface area contributed by atoms with Crippen molar-refractivity contribution < 1.29 is 14.3 Å². The number of hydrogen-bond donors (Lipinski definition) is 1. The molecule has 1 N–H and O–H groups in total. The maximum atomic E-state index is 12.2. The highest BCUT2D eigenvalue weighted by Crippen LogP contribution is 2.28. The summed E-state index contributed by atoms with van der Waals surface area (Å²) in [6, 6.07) is 5.31. The van der Waals surface area contributed by atoms with Gasteiger partial charge in [0.1, 0.15) is 0 Å². The normalized spacial score (nSPS) is 10.5. The Morgan fingerprint density at radius 1 is 1.05 bits per heavy atom. The Morgan fingerprint density at radius 3 is 2.24 bits per heavy atom. The molecule has 4 nitrogen and oxygen atoms in total. The lowest BCUT2D eigenvalue weighted by atomic mass is 10.0. The molecule has 21 heavy (non-hydrogen) atoms. The van der Waals surface area contributed by atoms with Crippen LogP contribution in [0, 0.1) is 5.92 Å². The van der Waals surface area contributed by atoms with Gasteiger partial charge in [0.05, 0.1) is 13.2 Å². The van der Waals surface area contributed by atoms with E-state index in [1.54, 1.807) is 18.2 Å². The van der Waals surface area contributed by atoms with Crippen LogP contribution in [0.3, 0.4) is 0 Å². The number of benzene rings is 1. The summed E-state index contributed by atoms with van der Waals surface area (Å²) >= 11 is 0. The van der Waals surface area contributed by atoms with E-state index in [1.165, 1.54) is 0 Å². The SMILES string of the molecule is CCOc1ccc(C(=O)NCC(CC)CC)cc1OCC. The van der Waals surface area contributed by atoms with Gasteiger partial charge >= 0.3 is 0 Å². The molecule has 0 radical (unpaired) electrons. The minimum atomic E-state index is -0.0640. The molecule has 0 saturated carbocycles. The highest BCUT2D eigenvalue weighted by molar-refractivity contribution is 5.94. The standard InChI is InChI=1S/C17H27NO3/c1-5-13(6-2)12-18-17(19)14-9-10-15(20-7-3)16(11-14)21-8-4/h9-11,13H,5-8,12H2,1-4H3,(H,18,19). The summed E-state index contributed by atoms with van der Waals surface area (Å²) in [5, 5.41) is 2.99. The van der Waals surface area contributed by atoms with Crippen LogP contribution >= 0.6 is 0 Å². The minimum absolute atomic E-state index is 0.0640. The van der Waals surface area contributed by atoms with Crippen molar-refractivity contribution in [3.63, 3.8) is 0 Å². The zero-order chi connectivity index (χ0) is 15.7. The molecule has 4 heteroatoms. The van der Waals surface area contributed by atoms with E-state index >= 15 is 0 Å². The fourth-order valence-corrected chi connectivity index (χ4v) is 2.11. The van der Waals surface area contributed by atoms with E-state index in [1.807, 2.05) is 13.8 Å². The van der Waals surface area contributed by atoms with Gasteiger partial charge in [0.2, 0.25) is 0 Å². The third-order valence-corrected chi connectivity index (χ3v) is 3.51. The van der Waals surface area contributed by atoms with Crippen LogP contribution in [-0.4, -0.2) is 25.7 Å². The van der Waals surface area contributed by atoms with Gasteiger partial charge in [-0.1, -0.05) is 26.7 Å². The summed E-state index contributed by atoms with van der Waals surface area (Å²) < 4.78 is 11.0. The molecule has 118 valence electrons. The Morgan fingerprint density at radius 2 is 1.67 bits per heavy atom. The van der Waals surface area contributed by atoms with Crippen LogP contribution in [0.15, 0.2) is 18.2 Å². The zero-order valence-electron chi connectivity index (χ0n) is 13.6. The molecule has 0 heterocycles. The predicted molar refractivity (Wildman–Crippen MR) is 85.2 cm³/mol. The molecule has 0 saturated heterocycles. The fourth-order valence-electron chi connectivity index (χ4n) is 2.11. The highest BCUT2D eigenvalue weighted by Gasteiger charge is 2.12. The van der Waals surface area contributed by atoms with Gasteiger partial charge in [0, 0.05) is 12.1 Å². The molecule has 0 aliphatic heterocycles. The van der Waals surface area contributed by atoms with E-state index in [-0.39, 0.29) is 5.91 Å². The van der Waals surface area contributed by atoms with Crippen LogP contribution in [0.4, 0.5) is 0 Å². The monoisotopic (exact) mass is 293 g/mol. The molecule has 0 aliphatic carbocycles. The van der Waals surface area contributed by atoms with Crippen LogP contribution in [0.1, 0.15) is 50.9 Å². The average molecular weight is 293 g/mol. The third-order valence-electron chi connectivity index (χ3n) is 3.51. The Labute approximate surface area is 127 Å². The van der Waals surface area contributed by atoms with E-state index in [2.05, 4.69) is 19.2 Å². The van der Waals surface area contributed by atoms with Crippen molar-refractivity contribution >= 4 is 5.91 Å². The summed E-state index contributed by atoms with van der Waals surface area (Å²) in [7, 11) is 0. The molecule has 0 spiro atoms. The van der Waals surface area contributed by atoms with Crippen molar-refractivity contribution in [2.45, 2.75) is 40.5 Å². The number of carbonyl (C=O) groups is 1. The molecule has 0 aliphatic rings. The van der Waals surface area contributed by atoms with Gasteiger partial charge in [-0.05, 0) is 38.0 Å². The van der Waals surface area contributed by atoms with Gasteiger partial charge in [-0.2, -0.15) is 0 Å². The number of hydrogen-bond acceptors (Lipinski definition) is 3. The first kappa shape index (κ1) is 17.3. The molecule has 0 atom stereocenters. The summed E-state index contributed by atoms with van der Waals surface area (Å²) in [5.74, 6) is 1.76. The molecule has 0 fully saturated rings. The fraction of sp³-hybridized carbons (Fsp3) is 0.588. The van der Waals surface area contributed by atoms with E-state index in [0.29, 0.717) is 42.7 Å². The lowest BCUT2D eigenvalue weighted by Crippen LogP contribution is -2.28. The highest BCUT2D eigenvalue weighted by atomic mass is 16.5. The van der Waals surface area contributed by atoms with Gasteiger partial charge in [0.25, 0.3) is 5.91 Å².